The van der Waals surface area contributed by atoms with E-state index in [4.69, 9.17) is 5.11 Å². The molecule has 1 atom stereocenters. The molecule has 0 spiro atoms. The molecule has 0 aromatic carbocycles. The quantitative estimate of drug-likeness (QED) is 0.902. The molecule has 1 aromatic heterocycles. The van der Waals surface area contributed by atoms with Crippen molar-refractivity contribution in [2.75, 3.05) is 6.54 Å². The van der Waals surface area contributed by atoms with Crippen LogP contribution in [0.5, 0.6) is 0 Å². The number of carbonyl (C=O) groups is 1. The number of hydrogen-bond donors (Lipinski definition) is 1. The average Bonchev–Trinajstić information content (AvgIpc) is 2.74. The molecule has 5 heteroatoms. The van der Waals surface area contributed by atoms with Gasteiger partial charge in [0.1, 0.15) is 0 Å². The fourth-order valence-corrected chi connectivity index (χ4v) is 3.62. The van der Waals surface area contributed by atoms with Gasteiger partial charge < -0.3 is 5.11 Å². The fraction of sp³-hybridized carbons (Fsp3) is 0.714. The number of rotatable bonds is 5. The minimum absolute atomic E-state index is 0.0497. The predicted molar refractivity (Wildman–Crippen MR) is 76.6 cm³/mol. The first-order chi connectivity index (χ1) is 9.10. The molecule has 106 valence electrons. The molecule has 0 amide bonds. The smallest absolute Gasteiger partial charge is 0.309 e. The van der Waals surface area contributed by atoms with Crippen LogP contribution in [0.3, 0.4) is 0 Å². The van der Waals surface area contributed by atoms with Crippen LogP contribution in [-0.4, -0.2) is 33.5 Å². The Labute approximate surface area is 118 Å². The van der Waals surface area contributed by atoms with Gasteiger partial charge in [-0.05, 0) is 32.7 Å². The first kappa shape index (κ1) is 14.5. The summed E-state index contributed by atoms with van der Waals surface area (Å²) in [5.41, 5.74) is 0.770. The number of hydrogen-bond acceptors (Lipinski definition) is 4. The summed E-state index contributed by atoms with van der Waals surface area (Å²) in [6.45, 7) is 6.31. The molecule has 1 unspecified atom stereocenters. The van der Waals surface area contributed by atoms with Gasteiger partial charge in [-0.1, -0.05) is 13.3 Å². The molecule has 0 saturated carbocycles. The van der Waals surface area contributed by atoms with Gasteiger partial charge in [0, 0.05) is 17.5 Å². The number of carboxylic acid groups (broad SMARTS) is 1. The zero-order chi connectivity index (χ0) is 13.8. The van der Waals surface area contributed by atoms with Gasteiger partial charge in [0.05, 0.1) is 17.1 Å². The minimum Gasteiger partial charge on any atom is -0.481 e. The second-order valence-corrected chi connectivity index (χ2v) is 6.38. The molecule has 4 nitrogen and oxygen atoms in total. The van der Waals surface area contributed by atoms with Gasteiger partial charge in [0.25, 0.3) is 0 Å². The minimum atomic E-state index is -0.791. The van der Waals surface area contributed by atoms with E-state index in [-0.39, 0.29) is 6.42 Å². The topological polar surface area (TPSA) is 53.4 Å². The average molecular weight is 282 g/mol. The lowest BCUT2D eigenvalue weighted by molar-refractivity contribution is -0.136. The van der Waals surface area contributed by atoms with E-state index in [1.807, 2.05) is 0 Å². The van der Waals surface area contributed by atoms with Crippen molar-refractivity contribution in [3.05, 3.63) is 15.6 Å². The van der Waals surface area contributed by atoms with Crippen LogP contribution in [0, 0.1) is 0 Å². The number of likely N-dealkylation sites (tertiary alicyclic amines) is 1. The summed E-state index contributed by atoms with van der Waals surface area (Å²) in [4.78, 5) is 19.0. The normalized spacial score (nSPS) is 20.6. The van der Waals surface area contributed by atoms with Crippen molar-refractivity contribution >= 4 is 17.3 Å². The summed E-state index contributed by atoms with van der Waals surface area (Å²) in [5, 5.41) is 10.0. The first-order valence-corrected chi connectivity index (χ1v) is 7.85. The summed E-state index contributed by atoms with van der Waals surface area (Å²) < 4.78 is 0. The molecule has 1 aromatic rings. The highest BCUT2D eigenvalue weighted by molar-refractivity contribution is 7.11. The van der Waals surface area contributed by atoms with Gasteiger partial charge in [0.2, 0.25) is 0 Å². The van der Waals surface area contributed by atoms with Crippen LogP contribution >= 0.6 is 11.3 Å². The highest BCUT2D eigenvalue weighted by atomic mass is 32.1. The van der Waals surface area contributed by atoms with Crippen LogP contribution < -0.4 is 0 Å². The van der Waals surface area contributed by atoms with Gasteiger partial charge >= 0.3 is 5.97 Å². The third kappa shape index (κ3) is 3.76. The van der Waals surface area contributed by atoms with Crippen LogP contribution in [-0.2, 0) is 24.2 Å². The summed E-state index contributed by atoms with van der Waals surface area (Å²) >= 11 is 1.68. The summed E-state index contributed by atoms with van der Waals surface area (Å²) in [6.07, 6.45) is 4.73. The van der Waals surface area contributed by atoms with Crippen LogP contribution in [0.15, 0.2) is 0 Å². The van der Waals surface area contributed by atoms with E-state index < -0.39 is 5.97 Å². The highest BCUT2D eigenvalue weighted by Crippen LogP contribution is 2.25. The lowest BCUT2D eigenvalue weighted by Gasteiger charge is -2.33. The Balaban J connectivity index is 2.13. The van der Waals surface area contributed by atoms with Gasteiger partial charge in [0.15, 0.2) is 0 Å². The standard InChI is InChI=1S/C14H22N2O2S/c1-3-13-15-11(8-14(17)18)12(19-13)9-16-7-5-4-6-10(16)2/h10H,3-9H2,1-2H3,(H,17,18). The van der Waals surface area contributed by atoms with E-state index in [2.05, 4.69) is 23.7 Å². The van der Waals surface area contributed by atoms with E-state index in [1.165, 1.54) is 19.3 Å². The van der Waals surface area contributed by atoms with E-state index in [0.29, 0.717) is 6.04 Å². The van der Waals surface area contributed by atoms with E-state index in [0.717, 1.165) is 35.1 Å². The van der Waals surface area contributed by atoms with Crippen LogP contribution in [0.4, 0.5) is 0 Å². The van der Waals surface area contributed by atoms with Crippen molar-refractivity contribution in [2.24, 2.45) is 0 Å². The van der Waals surface area contributed by atoms with Crippen molar-refractivity contribution in [3.63, 3.8) is 0 Å². The van der Waals surface area contributed by atoms with E-state index >= 15 is 0 Å². The lowest BCUT2D eigenvalue weighted by atomic mass is 10.0. The molecule has 1 fully saturated rings. The zero-order valence-electron chi connectivity index (χ0n) is 11.7. The Morgan fingerprint density at radius 1 is 1.53 bits per heavy atom. The summed E-state index contributed by atoms with van der Waals surface area (Å²) in [6, 6.07) is 0.596. The molecule has 1 N–H and O–H groups in total. The van der Waals surface area contributed by atoms with Crippen molar-refractivity contribution in [1.82, 2.24) is 9.88 Å². The number of piperidine rings is 1. The SMILES string of the molecule is CCc1nc(CC(=O)O)c(CN2CCCCC2C)s1. The molecular formula is C14H22N2O2S. The van der Waals surface area contributed by atoms with Crippen molar-refractivity contribution in [2.45, 2.75) is 58.5 Å². The number of aliphatic carboxylic acids is 1. The molecule has 0 aliphatic carbocycles. The number of carboxylic acids is 1. The molecule has 1 aliphatic rings. The maximum atomic E-state index is 10.9. The Bertz CT molecular complexity index is 445. The molecule has 2 heterocycles. The van der Waals surface area contributed by atoms with Crippen LogP contribution in [0.1, 0.15) is 48.7 Å². The molecule has 2 rings (SSSR count). The van der Waals surface area contributed by atoms with Gasteiger partial charge in [-0.3, -0.25) is 9.69 Å². The van der Waals surface area contributed by atoms with E-state index in [1.54, 1.807) is 11.3 Å². The van der Waals surface area contributed by atoms with E-state index in [9.17, 15) is 4.79 Å². The molecule has 19 heavy (non-hydrogen) atoms. The Hall–Kier alpha value is -0.940. The molecule has 1 saturated heterocycles. The third-order valence-electron chi connectivity index (χ3n) is 3.73. The first-order valence-electron chi connectivity index (χ1n) is 7.03. The van der Waals surface area contributed by atoms with Crippen molar-refractivity contribution in [1.29, 1.82) is 0 Å². The zero-order valence-corrected chi connectivity index (χ0v) is 12.5. The highest BCUT2D eigenvalue weighted by Gasteiger charge is 2.21. The summed E-state index contributed by atoms with van der Waals surface area (Å²) in [5.74, 6) is -0.791. The monoisotopic (exact) mass is 282 g/mol. The molecule has 1 aliphatic heterocycles. The third-order valence-corrected chi connectivity index (χ3v) is 4.96. The summed E-state index contributed by atoms with van der Waals surface area (Å²) in [7, 11) is 0. The number of nitrogens with zero attached hydrogens (tertiary/aromatic N) is 2. The van der Waals surface area contributed by atoms with Crippen molar-refractivity contribution < 1.29 is 9.90 Å². The maximum Gasteiger partial charge on any atom is 0.309 e. The number of aromatic nitrogens is 1. The van der Waals surface area contributed by atoms with Gasteiger partial charge in [-0.2, -0.15) is 0 Å². The second-order valence-electron chi connectivity index (χ2n) is 5.22. The van der Waals surface area contributed by atoms with Crippen molar-refractivity contribution in [3.8, 4) is 0 Å². The fourth-order valence-electron chi connectivity index (χ4n) is 2.57. The molecular weight excluding hydrogens is 260 g/mol. The van der Waals surface area contributed by atoms with Gasteiger partial charge in [-0.15, -0.1) is 11.3 Å². The molecule has 0 bridgehead atoms. The van der Waals surface area contributed by atoms with Gasteiger partial charge in [-0.25, -0.2) is 4.98 Å². The lowest BCUT2D eigenvalue weighted by Crippen LogP contribution is -2.36. The number of thiazole rings is 1. The number of aryl methyl sites for hydroxylation is 1. The second kappa shape index (κ2) is 6.48. The largest absolute Gasteiger partial charge is 0.481 e. The Morgan fingerprint density at radius 3 is 2.95 bits per heavy atom. The maximum absolute atomic E-state index is 10.9. The Morgan fingerprint density at radius 2 is 2.32 bits per heavy atom. The van der Waals surface area contributed by atoms with Crippen LogP contribution in [0.2, 0.25) is 0 Å². The predicted octanol–water partition coefficient (Wildman–Crippen LogP) is 2.71. The molecule has 0 radical (unpaired) electrons. The van der Waals surface area contributed by atoms with Crippen LogP contribution in [0.25, 0.3) is 0 Å². The Kier molecular flexibility index (Phi) is 4.93.